The minimum absolute atomic E-state index is 0.0941. The highest BCUT2D eigenvalue weighted by molar-refractivity contribution is 7.92. The summed E-state index contributed by atoms with van der Waals surface area (Å²) < 4.78 is 37.1. The van der Waals surface area contributed by atoms with Crippen molar-refractivity contribution in [2.45, 2.75) is 57.7 Å². The average Bonchev–Trinajstić information content (AvgIpc) is 2.90. The van der Waals surface area contributed by atoms with Crippen LogP contribution in [0, 0.1) is 0 Å². The van der Waals surface area contributed by atoms with E-state index in [0.29, 0.717) is 11.5 Å². The Bertz CT molecular complexity index is 1170. The maximum absolute atomic E-state index is 13.7. The van der Waals surface area contributed by atoms with E-state index in [4.69, 9.17) is 9.47 Å². The number of anilines is 1. The molecule has 0 unspecified atom stereocenters. The number of carbonyl (C=O) groups excluding carboxylic acids is 2. The fourth-order valence-corrected chi connectivity index (χ4v) is 5.37. The third-order valence-electron chi connectivity index (χ3n) is 6.65. The summed E-state index contributed by atoms with van der Waals surface area (Å²) in [4.78, 5) is 28.3. The number of nitrogens with one attached hydrogen (secondary N) is 1. The number of ether oxygens (including phenoxy) is 2. The molecule has 1 fully saturated rings. The van der Waals surface area contributed by atoms with Crippen molar-refractivity contribution in [2.75, 3.05) is 31.3 Å². The van der Waals surface area contributed by atoms with Crippen LogP contribution in [0.2, 0.25) is 0 Å². The van der Waals surface area contributed by atoms with E-state index in [1.165, 1.54) is 25.2 Å². The van der Waals surface area contributed by atoms with Crippen molar-refractivity contribution < 1.29 is 27.5 Å². The highest BCUT2D eigenvalue weighted by Crippen LogP contribution is 2.32. The molecule has 0 bridgehead atoms. The Morgan fingerprint density at radius 2 is 1.65 bits per heavy atom. The van der Waals surface area contributed by atoms with E-state index in [-0.39, 0.29) is 24.2 Å². The van der Waals surface area contributed by atoms with Gasteiger partial charge in [-0.3, -0.25) is 13.9 Å². The molecule has 1 N–H and O–H groups in total. The second kappa shape index (κ2) is 12.8. The van der Waals surface area contributed by atoms with Crippen molar-refractivity contribution in [3.63, 3.8) is 0 Å². The zero-order valence-corrected chi connectivity index (χ0v) is 22.8. The molecule has 1 aliphatic carbocycles. The number of carbonyl (C=O) groups is 2. The van der Waals surface area contributed by atoms with Crippen LogP contribution in [0.1, 0.15) is 44.6 Å². The number of sulfonamides is 1. The molecule has 0 radical (unpaired) electrons. The lowest BCUT2D eigenvalue weighted by Crippen LogP contribution is -2.52. The number of amides is 2. The fraction of sp³-hybridized carbons (Fsp3) is 0.481. The number of hydrogen-bond donors (Lipinski definition) is 1. The van der Waals surface area contributed by atoms with Crippen LogP contribution < -0.4 is 19.1 Å². The van der Waals surface area contributed by atoms with Gasteiger partial charge in [-0.25, -0.2) is 8.42 Å². The molecule has 2 aromatic rings. The van der Waals surface area contributed by atoms with Crippen LogP contribution in [0.4, 0.5) is 5.69 Å². The first-order valence-corrected chi connectivity index (χ1v) is 14.3. The van der Waals surface area contributed by atoms with Crippen LogP contribution >= 0.6 is 0 Å². The quantitative estimate of drug-likeness (QED) is 0.477. The van der Waals surface area contributed by atoms with E-state index in [1.807, 2.05) is 30.3 Å². The molecule has 1 saturated carbocycles. The van der Waals surface area contributed by atoms with E-state index in [0.717, 1.165) is 48.2 Å². The van der Waals surface area contributed by atoms with Crippen molar-refractivity contribution in [1.29, 1.82) is 0 Å². The Morgan fingerprint density at radius 1 is 1.00 bits per heavy atom. The summed E-state index contributed by atoms with van der Waals surface area (Å²) in [5, 5.41) is 3.09. The molecule has 0 saturated heterocycles. The first kappa shape index (κ1) is 28.3. The highest BCUT2D eigenvalue weighted by atomic mass is 32.2. The molecule has 202 valence electrons. The molecule has 1 atom stereocenters. The van der Waals surface area contributed by atoms with E-state index in [1.54, 1.807) is 19.1 Å². The lowest BCUT2D eigenvalue weighted by atomic mass is 9.95. The van der Waals surface area contributed by atoms with Crippen molar-refractivity contribution >= 4 is 27.5 Å². The highest BCUT2D eigenvalue weighted by Gasteiger charge is 2.31. The average molecular weight is 532 g/mol. The van der Waals surface area contributed by atoms with Gasteiger partial charge in [0.05, 0.1) is 26.2 Å². The topological polar surface area (TPSA) is 105 Å². The van der Waals surface area contributed by atoms with Gasteiger partial charge in [0.1, 0.15) is 12.6 Å². The summed E-state index contributed by atoms with van der Waals surface area (Å²) in [5.41, 5.74) is 1.10. The van der Waals surface area contributed by atoms with Crippen LogP contribution in [0.15, 0.2) is 48.5 Å². The zero-order chi connectivity index (χ0) is 27.0. The number of benzene rings is 2. The van der Waals surface area contributed by atoms with Gasteiger partial charge < -0.3 is 19.7 Å². The third-order valence-corrected chi connectivity index (χ3v) is 7.79. The SMILES string of the molecule is COc1ccc(N(CC(=O)N(Cc2ccccc2)[C@H](C)C(=O)NC2CCCCC2)S(C)(=O)=O)cc1OC. The predicted octanol–water partition coefficient (Wildman–Crippen LogP) is 3.34. The van der Waals surface area contributed by atoms with Gasteiger partial charge in [-0.1, -0.05) is 49.6 Å². The van der Waals surface area contributed by atoms with Gasteiger partial charge in [0.2, 0.25) is 21.8 Å². The van der Waals surface area contributed by atoms with Crippen LogP contribution in [0.5, 0.6) is 11.5 Å². The molecule has 0 heterocycles. The maximum atomic E-state index is 13.7. The molecule has 10 heteroatoms. The molecule has 1 aliphatic rings. The summed E-state index contributed by atoms with van der Waals surface area (Å²) in [6.07, 6.45) is 6.19. The number of rotatable bonds is 11. The Kier molecular flexibility index (Phi) is 9.79. The fourth-order valence-electron chi connectivity index (χ4n) is 4.53. The minimum Gasteiger partial charge on any atom is -0.493 e. The normalized spacial score (nSPS) is 14.9. The van der Waals surface area contributed by atoms with Gasteiger partial charge in [-0.15, -0.1) is 0 Å². The van der Waals surface area contributed by atoms with Crippen molar-refractivity contribution in [2.24, 2.45) is 0 Å². The molecule has 0 aliphatic heterocycles. The molecule has 2 amide bonds. The summed E-state index contributed by atoms with van der Waals surface area (Å²) >= 11 is 0. The van der Waals surface area contributed by atoms with Gasteiger partial charge in [-0.2, -0.15) is 0 Å². The summed E-state index contributed by atoms with van der Waals surface area (Å²) in [7, 11) is -0.911. The smallest absolute Gasteiger partial charge is 0.244 e. The second-order valence-corrected chi connectivity index (χ2v) is 11.2. The van der Waals surface area contributed by atoms with Crippen LogP contribution in [-0.4, -0.2) is 64.2 Å². The van der Waals surface area contributed by atoms with Gasteiger partial charge in [0.15, 0.2) is 11.5 Å². The summed E-state index contributed by atoms with van der Waals surface area (Å²) in [5.74, 6) is 0.0377. The van der Waals surface area contributed by atoms with Gasteiger partial charge in [0.25, 0.3) is 0 Å². The molecule has 9 nitrogen and oxygen atoms in total. The molecule has 37 heavy (non-hydrogen) atoms. The zero-order valence-electron chi connectivity index (χ0n) is 22.0. The van der Waals surface area contributed by atoms with Crippen molar-refractivity contribution in [1.82, 2.24) is 10.2 Å². The predicted molar refractivity (Wildman–Crippen MR) is 143 cm³/mol. The Hall–Kier alpha value is -3.27. The summed E-state index contributed by atoms with van der Waals surface area (Å²) in [6, 6.07) is 13.3. The number of nitrogens with zero attached hydrogens (tertiary/aromatic N) is 2. The van der Waals surface area contributed by atoms with Crippen LogP contribution in [0.3, 0.4) is 0 Å². The molecule has 2 aromatic carbocycles. The Labute approximate surface area is 219 Å². The van der Waals surface area contributed by atoms with Crippen LogP contribution in [0.25, 0.3) is 0 Å². The minimum atomic E-state index is -3.84. The second-order valence-electron chi connectivity index (χ2n) is 9.34. The first-order chi connectivity index (χ1) is 17.6. The summed E-state index contributed by atoms with van der Waals surface area (Å²) in [6.45, 7) is 1.38. The Balaban J connectivity index is 1.88. The third kappa shape index (κ3) is 7.61. The van der Waals surface area contributed by atoms with Gasteiger partial charge in [0, 0.05) is 18.7 Å². The van der Waals surface area contributed by atoms with Gasteiger partial charge >= 0.3 is 0 Å². The van der Waals surface area contributed by atoms with Crippen molar-refractivity contribution in [3.05, 3.63) is 54.1 Å². The van der Waals surface area contributed by atoms with Crippen molar-refractivity contribution in [3.8, 4) is 11.5 Å². The van der Waals surface area contributed by atoms with Crippen LogP contribution in [-0.2, 0) is 26.2 Å². The molecule has 0 spiro atoms. The molecule has 3 rings (SSSR count). The maximum Gasteiger partial charge on any atom is 0.244 e. The largest absolute Gasteiger partial charge is 0.493 e. The molecular formula is C27H37N3O6S. The standard InChI is InChI=1S/C27H37N3O6S/c1-20(27(32)28-22-13-9-6-10-14-22)29(18-21-11-7-5-8-12-21)26(31)19-30(37(4,33)34)23-15-16-24(35-2)25(17-23)36-3/h5,7-8,11-12,15-17,20,22H,6,9-10,13-14,18-19H2,1-4H3,(H,28,32)/t20-/m1/s1. The van der Waals surface area contributed by atoms with E-state index in [2.05, 4.69) is 5.32 Å². The lowest BCUT2D eigenvalue weighted by molar-refractivity contribution is -0.139. The molecular weight excluding hydrogens is 494 g/mol. The Morgan fingerprint density at radius 3 is 2.24 bits per heavy atom. The number of methoxy groups -OCH3 is 2. The van der Waals surface area contributed by atoms with E-state index >= 15 is 0 Å². The van der Waals surface area contributed by atoms with Gasteiger partial charge in [-0.05, 0) is 37.5 Å². The lowest BCUT2D eigenvalue weighted by Gasteiger charge is -2.33. The van der Waals surface area contributed by atoms with E-state index in [9.17, 15) is 18.0 Å². The molecule has 0 aromatic heterocycles. The number of hydrogen-bond acceptors (Lipinski definition) is 6. The first-order valence-electron chi connectivity index (χ1n) is 12.5. The monoisotopic (exact) mass is 531 g/mol. The van der Waals surface area contributed by atoms with E-state index < -0.39 is 28.5 Å².